The summed E-state index contributed by atoms with van der Waals surface area (Å²) in [5.74, 6) is 0.814. The van der Waals surface area contributed by atoms with Crippen molar-refractivity contribution in [3.05, 3.63) is 57.6 Å². The zero-order valence-corrected chi connectivity index (χ0v) is 14.1. The molecule has 6 heteroatoms. The molecule has 2 amide bonds. The number of benzene rings is 2. The number of rotatable bonds is 2. The average Bonchev–Trinajstić information content (AvgIpc) is 2.57. The third-order valence-electron chi connectivity index (χ3n) is 3.91. The van der Waals surface area contributed by atoms with Crippen LogP contribution < -0.4 is 10.1 Å². The van der Waals surface area contributed by atoms with Crippen LogP contribution in [0.5, 0.6) is 5.75 Å². The van der Waals surface area contributed by atoms with Crippen LogP contribution in [-0.4, -0.2) is 24.6 Å². The fourth-order valence-corrected chi connectivity index (χ4v) is 2.99. The van der Waals surface area contributed by atoms with Crippen LogP contribution in [0.4, 0.5) is 10.5 Å². The minimum atomic E-state index is -0.167. The monoisotopic (exact) mass is 350 g/mol. The minimum absolute atomic E-state index is 0.167. The fraction of sp³-hybridized carbons (Fsp3) is 0.235. The standard InChI is InChI=1S/C17H16Cl2N2O2/c1-23-16-4-2-3-11-7-8-21(10-13(11)16)17(22)20-12-5-6-14(18)15(19)9-12/h2-6,9H,7-8,10H2,1H3,(H,20,22). The molecular weight excluding hydrogens is 335 g/mol. The molecule has 0 fully saturated rings. The van der Waals surface area contributed by atoms with E-state index >= 15 is 0 Å². The lowest BCUT2D eigenvalue weighted by Gasteiger charge is -2.30. The number of urea groups is 1. The highest BCUT2D eigenvalue weighted by atomic mass is 35.5. The van der Waals surface area contributed by atoms with Crippen molar-refractivity contribution < 1.29 is 9.53 Å². The Morgan fingerprint density at radius 2 is 2.04 bits per heavy atom. The van der Waals surface area contributed by atoms with E-state index < -0.39 is 0 Å². The van der Waals surface area contributed by atoms with Crippen LogP contribution in [0.25, 0.3) is 0 Å². The van der Waals surface area contributed by atoms with Crippen molar-refractivity contribution >= 4 is 34.9 Å². The molecule has 4 nitrogen and oxygen atoms in total. The van der Waals surface area contributed by atoms with Crippen LogP contribution in [0.3, 0.4) is 0 Å². The molecular formula is C17H16Cl2N2O2. The molecule has 0 radical (unpaired) electrons. The molecule has 120 valence electrons. The Morgan fingerprint density at radius 1 is 1.22 bits per heavy atom. The number of hydrogen-bond donors (Lipinski definition) is 1. The van der Waals surface area contributed by atoms with E-state index in [1.165, 1.54) is 5.56 Å². The average molecular weight is 351 g/mol. The third-order valence-corrected chi connectivity index (χ3v) is 4.65. The van der Waals surface area contributed by atoms with Crippen molar-refractivity contribution in [3.8, 4) is 5.75 Å². The van der Waals surface area contributed by atoms with Crippen LogP contribution in [0, 0.1) is 0 Å². The van der Waals surface area contributed by atoms with Crippen molar-refractivity contribution in [1.29, 1.82) is 0 Å². The first kappa shape index (κ1) is 16.0. The van der Waals surface area contributed by atoms with Gasteiger partial charge in [0.15, 0.2) is 0 Å². The van der Waals surface area contributed by atoms with Crippen LogP contribution >= 0.6 is 23.2 Å². The molecule has 23 heavy (non-hydrogen) atoms. The maximum atomic E-state index is 12.5. The van der Waals surface area contributed by atoms with Gasteiger partial charge in [0.05, 0.1) is 23.7 Å². The first-order valence-corrected chi connectivity index (χ1v) is 8.00. The maximum Gasteiger partial charge on any atom is 0.322 e. The van der Waals surface area contributed by atoms with E-state index in [0.717, 1.165) is 17.7 Å². The zero-order valence-electron chi connectivity index (χ0n) is 12.6. The molecule has 0 bridgehead atoms. The van der Waals surface area contributed by atoms with Gasteiger partial charge in [-0.1, -0.05) is 35.3 Å². The van der Waals surface area contributed by atoms with Gasteiger partial charge in [-0.2, -0.15) is 0 Å². The lowest BCUT2D eigenvalue weighted by Crippen LogP contribution is -2.39. The first-order chi connectivity index (χ1) is 11.1. The van der Waals surface area contributed by atoms with Crippen molar-refractivity contribution in [1.82, 2.24) is 4.90 Å². The number of nitrogens with zero attached hydrogens (tertiary/aromatic N) is 1. The molecule has 1 aliphatic rings. The summed E-state index contributed by atoms with van der Waals surface area (Å²) in [6.45, 7) is 1.18. The van der Waals surface area contributed by atoms with E-state index in [-0.39, 0.29) is 6.03 Å². The predicted octanol–water partition coefficient (Wildman–Crippen LogP) is 4.59. The molecule has 0 saturated heterocycles. The van der Waals surface area contributed by atoms with Gasteiger partial charge in [-0.25, -0.2) is 4.79 Å². The summed E-state index contributed by atoms with van der Waals surface area (Å²) >= 11 is 11.9. The molecule has 0 aliphatic carbocycles. The third kappa shape index (κ3) is 3.38. The molecule has 3 rings (SSSR count). The molecule has 2 aromatic carbocycles. The molecule has 2 aromatic rings. The quantitative estimate of drug-likeness (QED) is 0.860. The molecule has 0 aromatic heterocycles. The number of halogens is 2. The fourth-order valence-electron chi connectivity index (χ4n) is 2.69. The molecule has 1 aliphatic heterocycles. The van der Waals surface area contributed by atoms with Gasteiger partial charge < -0.3 is 15.0 Å². The molecule has 1 heterocycles. The minimum Gasteiger partial charge on any atom is -0.496 e. The summed E-state index contributed by atoms with van der Waals surface area (Å²) in [5, 5.41) is 3.72. The highest BCUT2D eigenvalue weighted by molar-refractivity contribution is 6.42. The van der Waals surface area contributed by atoms with E-state index in [9.17, 15) is 4.79 Å². The number of carbonyl (C=O) groups is 1. The van der Waals surface area contributed by atoms with Crippen LogP contribution in [0.2, 0.25) is 10.0 Å². The summed E-state index contributed by atoms with van der Waals surface area (Å²) in [4.78, 5) is 14.2. The van der Waals surface area contributed by atoms with Crippen molar-refractivity contribution in [2.45, 2.75) is 13.0 Å². The normalized spacial score (nSPS) is 13.4. The predicted molar refractivity (Wildman–Crippen MR) is 92.6 cm³/mol. The van der Waals surface area contributed by atoms with Crippen LogP contribution in [-0.2, 0) is 13.0 Å². The summed E-state index contributed by atoms with van der Waals surface area (Å²) in [5.41, 5.74) is 2.91. The van der Waals surface area contributed by atoms with Crippen molar-refractivity contribution in [3.63, 3.8) is 0 Å². The van der Waals surface area contributed by atoms with E-state index in [2.05, 4.69) is 11.4 Å². The highest BCUT2D eigenvalue weighted by Gasteiger charge is 2.23. The second-order valence-corrected chi connectivity index (χ2v) is 6.14. The molecule has 0 unspecified atom stereocenters. The molecule has 0 spiro atoms. The Bertz CT molecular complexity index is 735. The van der Waals surface area contributed by atoms with E-state index in [0.29, 0.717) is 28.8 Å². The number of amides is 2. The van der Waals surface area contributed by atoms with Crippen LogP contribution in [0.15, 0.2) is 36.4 Å². The zero-order chi connectivity index (χ0) is 16.4. The van der Waals surface area contributed by atoms with E-state index in [4.69, 9.17) is 27.9 Å². The number of methoxy groups -OCH3 is 1. The van der Waals surface area contributed by atoms with Gasteiger partial charge in [-0.3, -0.25) is 0 Å². The Hall–Kier alpha value is -1.91. The first-order valence-electron chi connectivity index (χ1n) is 7.24. The summed E-state index contributed by atoms with van der Waals surface area (Å²) in [7, 11) is 1.64. The van der Waals surface area contributed by atoms with Gasteiger partial charge >= 0.3 is 6.03 Å². The Balaban J connectivity index is 1.75. The maximum absolute atomic E-state index is 12.5. The summed E-state index contributed by atoms with van der Waals surface area (Å²) in [6.07, 6.45) is 0.807. The summed E-state index contributed by atoms with van der Waals surface area (Å²) in [6, 6.07) is 10.8. The van der Waals surface area contributed by atoms with Gasteiger partial charge in [-0.15, -0.1) is 0 Å². The number of nitrogens with one attached hydrogen (secondary N) is 1. The smallest absolute Gasteiger partial charge is 0.322 e. The van der Waals surface area contributed by atoms with Gasteiger partial charge in [-0.05, 0) is 36.2 Å². The topological polar surface area (TPSA) is 41.6 Å². The highest BCUT2D eigenvalue weighted by Crippen LogP contribution is 2.29. The lowest BCUT2D eigenvalue weighted by molar-refractivity contribution is 0.205. The SMILES string of the molecule is COc1cccc2c1CN(C(=O)Nc1ccc(Cl)c(Cl)c1)CC2. The largest absolute Gasteiger partial charge is 0.496 e. The second kappa shape index (κ2) is 6.69. The molecule has 0 saturated carbocycles. The Morgan fingerprint density at radius 3 is 2.78 bits per heavy atom. The molecule has 0 atom stereocenters. The van der Waals surface area contributed by atoms with Crippen molar-refractivity contribution in [2.75, 3.05) is 19.0 Å². The number of carbonyl (C=O) groups excluding carboxylic acids is 1. The number of fused-ring (bicyclic) bond motifs is 1. The number of anilines is 1. The number of hydrogen-bond acceptors (Lipinski definition) is 2. The van der Waals surface area contributed by atoms with Crippen molar-refractivity contribution in [2.24, 2.45) is 0 Å². The second-order valence-electron chi connectivity index (χ2n) is 5.33. The van der Waals surface area contributed by atoms with Gasteiger partial charge in [0.25, 0.3) is 0 Å². The summed E-state index contributed by atoms with van der Waals surface area (Å²) < 4.78 is 5.40. The lowest BCUT2D eigenvalue weighted by atomic mass is 9.99. The van der Waals surface area contributed by atoms with Crippen LogP contribution in [0.1, 0.15) is 11.1 Å². The van der Waals surface area contributed by atoms with E-state index in [1.54, 1.807) is 30.2 Å². The number of ether oxygens (including phenoxy) is 1. The van der Waals surface area contributed by atoms with Gasteiger partial charge in [0.2, 0.25) is 0 Å². The van der Waals surface area contributed by atoms with E-state index in [1.807, 2.05) is 12.1 Å². The Labute approximate surface area is 144 Å². The van der Waals surface area contributed by atoms with Gasteiger partial charge in [0.1, 0.15) is 5.75 Å². The molecule has 1 N–H and O–H groups in total. The Kier molecular flexibility index (Phi) is 4.64. The van der Waals surface area contributed by atoms with Gasteiger partial charge in [0, 0.05) is 17.8 Å².